The molecule has 2 aromatic carbocycles. The first-order valence-electron chi connectivity index (χ1n) is 9.10. The first-order chi connectivity index (χ1) is 13.7. The Balaban J connectivity index is 1.37. The van der Waals surface area contributed by atoms with Crippen LogP contribution in [0.25, 0.3) is 11.0 Å². The van der Waals surface area contributed by atoms with Crippen molar-refractivity contribution in [2.45, 2.75) is 19.6 Å². The minimum absolute atomic E-state index is 0.159. The summed E-state index contributed by atoms with van der Waals surface area (Å²) in [4.78, 5) is 16.5. The molecular formula is C23H20N2O3. The lowest BCUT2D eigenvalue weighted by Crippen LogP contribution is -2.26. The molecule has 0 aliphatic carbocycles. The van der Waals surface area contributed by atoms with Crippen LogP contribution in [0.3, 0.4) is 0 Å². The van der Waals surface area contributed by atoms with Crippen LogP contribution in [0, 0.1) is 0 Å². The predicted molar refractivity (Wildman–Crippen MR) is 107 cm³/mol. The van der Waals surface area contributed by atoms with Gasteiger partial charge in [0, 0.05) is 23.3 Å². The molecule has 1 amide bonds. The number of carbonyl (C=O) groups is 1. The van der Waals surface area contributed by atoms with Gasteiger partial charge in [-0.15, -0.1) is 0 Å². The minimum atomic E-state index is -0.234. The third-order valence-electron chi connectivity index (χ3n) is 4.49. The highest BCUT2D eigenvalue weighted by atomic mass is 16.5. The van der Waals surface area contributed by atoms with Gasteiger partial charge in [0.25, 0.3) is 5.91 Å². The minimum Gasteiger partial charge on any atom is -0.489 e. The van der Waals surface area contributed by atoms with Gasteiger partial charge < -0.3 is 14.5 Å². The predicted octanol–water partition coefficient (Wildman–Crippen LogP) is 4.90. The molecular weight excluding hydrogens is 352 g/mol. The lowest BCUT2D eigenvalue weighted by atomic mass is 10.1. The van der Waals surface area contributed by atoms with Gasteiger partial charge in [0.2, 0.25) is 0 Å². The van der Waals surface area contributed by atoms with Crippen LogP contribution in [0.5, 0.6) is 5.75 Å². The summed E-state index contributed by atoms with van der Waals surface area (Å²) in [5, 5.41) is 3.99. The number of hydrogen-bond donors (Lipinski definition) is 1. The highest BCUT2D eigenvalue weighted by Gasteiger charge is 2.15. The van der Waals surface area contributed by atoms with Crippen LogP contribution in [-0.4, -0.2) is 10.9 Å². The summed E-state index contributed by atoms with van der Waals surface area (Å²) in [5.74, 6) is 1.28. The van der Waals surface area contributed by atoms with E-state index in [9.17, 15) is 4.79 Å². The highest BCUT2D eigenvalue weighted by molar-refractivity contribution is 5.94. The van der Waals surface area contributed by atoms with E-state index in [0.29, 0.717) is 17.9 Å². The lowest BCUT2D eigenvalue weighted by molar-refractivity contribution is 0.0935. The van der Waals surface area contributed by atoms with E-state index in [-0.39, 0.29) is 11.9 Å². The molecule has 0 aliphatic rings. The van der Waals surface area contributed by atoms with Gasteiger partial charge in [0.1, 0.15) is 23.7 Å². The number of carbonyl (C=O) groups excluding carboxylic acids is 1. The van der Waals surface area contributed by atoms with Gasteiger partial charge in [-0.25, -0.2) is 0 Å². The zero-order valence-corrected chi connectivity index (χ0v) is 15.5. The molecule has 0 fully saturated rings. The normalized spacial score (nSPS) is 11.9. The summed E-state index contributed by atoms with van der Waals surface area (Å²) >= 11 is 0. The number of benzene rings is 2. The third-order valence-corrected chi connectivity index (χ3v) is 4.49. The van der Waals surface area contributed by atoms with Crippen molar-refractivity contribution in [2.75, 3.05) is 0 Å². The molecule has 0 spiro atoms. The lowest BCUT2D eigenvalue weighted by Gasteiger charge is -2.12. The maximum absolute atomic E-state index is 12.5. The number of para-hydroxylation sites is 1. The van der Waals surface area contributed by atoms with Crippen LogP contribution in [0.15, 0.2) is 83.5 Å². The van der Waals surface area contributed by atoms with E-state index in [1.54, 1.807) is 36.7 Å². The number of furan rings is 1. The Labute approximate surface area is 163 Å². The second kappa shape index (κ2) is 7.96. The van der Waals surface area contributed by atoms with Crippen LogP contribution < -0.4 is 10.1 Å². The monoisotopic (exact) mass is 372 g/mol. The Morgan fingerprint density at radius 1 is 1.07 bits per heavy atom. The molecule has 140 valence electrons. The molecule has 0 saturated carbocycles. The summed E-state index contributed by atoms with van der Waals surface area (Å²) in [6, 6.07) is 20.4. The Kier molecular flexibility index (Phi) is 5.06. The molecule has 0 bridgehead atoms. The van der Waals surface area contributed by atoms with Gasteiger partial charge in [-0.3, -0.25) is 9.78 Å². The Morgan fingerprint density at radius 3 is 2.57 bits per heavy atom. The van der Waals surface area contributed by atoms with Crippen molar-refractivity contribution in [1.29, 1.82) is 0 Å². The van der Waals surface area contributed by atoms with E-state index in [2.05, 4.69) is 10.3 Å². The zero-order chi connectivity index (χ0) is 19.3. The standard InChI is InChI=1S/C23H20N2O3/c1-16(22-14-19-4-2-3-5-21(19)28-22)25-23(26)18-6-8-20(9-7-18)27-15-17-10-12-24-13-11-17/h2-14,16H,15H2,1H3,(H,25,26). The van der Waals surface area contributed by atoms with E-state index in [1.165, 1.54) is 0 Å². The fraction of sp³-hybridized carbons (Fsp3) is 0.130. The molecule has 4 rings (SSSR count). The summed E-state index contributed by atoms with van der Waals surface area (Å²) in [7, 11) is 0. The van der Waals surface area contributed by atoms with Gasteiger partial charge in [0.15, 0.2) is 0 Å². The number of nitrogens with zero attached hydrogens (tertiary/aromatic N) is 1. The fourth-order valence-electron chi connectivity index (χ4n) is 2.92. The number of fused-ring (bicyclic) bond motifs is 1. The maximum Gasteiger partial charge on any atom is 0.251 e. The molecule has 5 heteroatoms. The topological polar surface area (TPSA) is 64.4 Å². The molecule has 2 aromatic heterocycles. The Hall–Kier alpha value is -3.60. The molecule has 1 unspecified atom stereocenters. The van der Waals surface area contributed by atoms with Crippen LogP contribution in [0.2, 0.25) is 0 Å². The van der Waals surface area contributed by atoms with E-state index in [1.807, 2.05) is 49.4 Å². The zero-order valence-electron chi connectivity index (χ0n) is 15.5. The first kappa shape index (κ1) is 17.8. The van der Waals surface area contributed by atoms with Crippen molar-refractivity contribution >= 4 is 16.9 Å². The molecule has 0 aliphatic heterocycles. The average molecular weight is 372 g/mol. The largest absolute Gasteiger partial charge is 0.489 e. The van der Waals surface area contributed by atoms with Crippen molar-refractivity contribution in [2.24, 2.45) is 0 Å². The number of amides is 1. The van der Waals surface area contributed by atoms with Gasteiger partial charge in [-0.05, 0) is 61.0 Å². The Bertz CT molecular complexity index is 1040. The number of rotatable bonds is 6. The second-order valence-corrected chi connectivity index (χ2v) is 6.55. The first-order valence-corrected chi connectivity index (χ1v) is 9.10. The van der Waals surface area contributed by atoms with Crippen molar-refractivity contribution in [3.8, 4) is 5.75 Å². The average Bonchev–Trinajstić information content (AvgIpc) is 3.18. The van der Waals surface area contributed by atoms with Gasteiger partial charge in [-0.2, -0.15) is 0 Å². The molecule has 1 N–H and O–H groups in total. The molecule has 2 heterocycles. The summed E-state index contributed by atoms with van der Waals surface area (Å²) < 4.78 is 11.6. The van der Waals surface area contributed by atoms with Crippen molar-refractivity contribution in [1.82, 2.24) is 10.3 Å². The van der Waals surface area contributed by atoms with Gasteiger partial charge >= 0.3 is 0 Å². The number of nitrogens with one attached hydrogen (secondary N) is 1. The number of pyridine rings is 1. The van der Waals surface area contributed by atoms with Crippen LogP contribution in [0.4, 0.5) is 0 Å². The van der Waals surface area contributed by atoms with Crippen molar-refractivity contribution in [3.05, 3.63) is 96.0 Å². The van der Waals surface area contributed by atoms with E-state index in [4.69, 9.17) is 9.15 Å². The van der Waals surface area contributed by atoms with Crippen LogP contribution >= 0.6 is 0 Å². The summed E-state index contributed by atoms with van der Waals surface area (Å²) in [6.07, 6.45) is 3.46. The third kappa shape index (κ3) is 4.04. The summed E-state index contributed by atoms with van der Waals surface area (Å²) in [5.41, 5.74) is 2.42. The smallest absolute Gasteiger partial charge is 0.251 e. The SMILES string of the molecule is CC(NC(=O)c1ccc(OCc2ccncc2)cc1)c1cc2ccccc2o1. The second-order valence-electron chi connectivity index (χ2n) is 6.55. The van der Waals surface area contributed by atoms with Crippen molar-refractivity contribution in [3.63, 3.8) is 0 Å². The maximum atomic E-state index is 12.5. The van der Waals surface area contributed by atoms with Crippen LogP contribution in [0.1, 0.15) is 34.6 Å². The molecule has 0 saturated heterocycles. The molecule has 5 nitrogen and oxygen atoms in total. The van der Waals surface area contributed by atoms with Crippen LogP contribution in [-0.2, 0) is 6.61 Å². The van der Waals surface area contributed by atoms with Gasteiger partial charge in [-0.1, -0.05) is 18.2 Å². The number of aromatic nitrogens is 1. The van der Waals surface area contributed by atoms with Gasteiger partial charge in [0.05, 0.1) is 6.04 Å². The number of hydrogen-bond acceptors (Lipinski definition) is 4. The van der Waals surface area contributed by atoms with E-state index in [0.717, 1.165) is 22.3 Å². The fourth-order valence-corrected chi connectivity index (χ4v) is 2.92. The molecule has 0 radical (unpaired) electrons. The quantitative estimate of drug-likeness (QED) is 0.523. The molecule has 1 atom stereocenters. The van der Waals surface area contributed by atoms with E-state index < -0.39 is 0 Å². The Morgan fingerprint density at radius 2 is 1.82 bits per heavy atom. The summed E-state index contributed by atoms with van der Waals surface area (Å²) in [6.45, 7) is 2.36. The molecule has 28 heavy (non-hydrogen) atoms. The highest BCUT2D eigenvalue weighted by Crippen LogP contribution is 2.24. The van der Waals surface area contributed by atoms with E-state index >= 15 is 0 Å². The van der Waals surface area contributed by atoms with Crippen molar-refractivity contribution < 1.29 is 13.9 Å². The molecule has 4 aromatic rings. The number of ether oxygens (including phenoxy) is 1.